The zero-order chi connectivity index (χ0) is 12.3. The van der Waals surface area contributed by atoms with E-state index in [9.17, 15) is 5.11 Å². The standard InChI is InChI=1S/C14H21NO2/c1-15-9-7-14(16,8-10-15)11-12-5-3-4-6-13(12)17-2/h3-6,16H,7-11H2,1-2H3. The second kappa shape index (κ2) is 5.07. The summed E-state index contributed by atoms with van der Waals surface area (Å²) in [6.45, 7) is 1.93. The van der Waals surface area contributed by atoms with E-state index in [1.54, 1.807) is 7.11 Å². The SMILES string of the molecule is COc1ccccc1CC1(O)CCN(C)CC1. The van der Waals surface area contributed by atoms with Crippen LogP contribution in [0.15, 0.2) is 24.3 Å². The first-order chi connectivity index (χ1) is 8.13. The molecule has 0 bridgehead atoms. The fraction of sp³-hybridized carbons (Fsp3) is 0.571. The predicted molar refractivity (Wildman–Crippen MR) is 68.4 cm³/mol. The molecular weight excluding hydrogens is 214 g/mol. The van der Waals surface area contributed by atoms with Crippen molar-refractivity contribution in [2.24, 2.45) is 0 Å². The molecule has 0 atom stereocenters. The summed E-state index contributed by atoms with van der Waals surface area (Å²) in [6, 6.07) is 7.94. The number of likely N-dealkylation sites (tertiary alicyclic amines) is 1. The first-order valence-corrected chi connectivity index (χ1v) is 6.16. The number of ether oxygens (including phenoxy) is 1. The summed E-state index contributed by atoms with van der Waals surface area (Å²) in [7, 11) is 3.78. The molecule has 0 amide bonds. The maximum Gasteiger partial charge on any atom is 0.122 e. The molecule has 17 heavy (non-hydrogen) atoms. The Labute approximate surface area is 103 Å². The molecule has 1 aliphatic rings. The Morgan fingerprint density at radius 1 is 1.29 bits per heavy atom. The zero-order valence-corrected chi connectivity index (χ0v) is 10.6. The van der Waals surface area contributed by atoms with Crippen LogP contribution in [-0.2, 0) is 6.42 Å². The van der Waals surface area contributed by atoms with Gasteiger partial charge in [-0.05, 0) is 31.5 Å². The van der Waals surface area contributed by atoms with Gasteiger partial charge in [-0.2, -0.15) is 0 Å². The van der Waals surface area contributed by atoms with E-state index in [1.165, 1.54) is 0 Å². The summed E-state index contributed by atoms with van der Waals surface area (Å²) in [5, 5.41) is 10.6. The fourth-order valence-electron chi connectivity index (χ4n) is 2.42. The summed E-state index contributed by atoms with van der Waals surface area (Å²) in [5.41, 5.74) is 0.531. The van der Waals surface area contributed by atoms with Crippen LogP contribution < -0.4 is 4.74 Å². The Bertz CT molecular complexity index is 370. The Kier molecular flexibility index (Phi) is 3.69. The van der Waals surface area contributed by atoms with Gasteiger partial charge in [0.1, 0.15) is 5.75 Å². The van der Waals surface area contributed by atoms with Crippen molar-refractivity contribution in [1.82, 2.24) is 4.90 Å². The quantitative estimate of drug-likeness (QED) is 0.865. The molecule has 0 aromatic heterocycles. The molecule has 1 fully saturated rings. The van der Waals surface area contributed by atoms with Crippen LogP contribution in [0.5, 0.6) is 5.75 Å². The molecule has 1 aromatic rings. The van der Waals surface area contributed by atoms with Crippen molar-refractivity contribution < 1.29 is 9.84 Å². The minimum atomic E-state index is -0.568. The van der Waals surface area contributed by atoms with Crippen molar-refractivity contribution in [3.05, 3.63) is 29.8 Å². The number of benzene rings is 1. The van der Waals surface area contributed by atoms with Crippen molar-refractivity contribution in [1.29, 1.82) is 0 Å². The van der Waals surface area contributed by atoms with E-state index in [-0.39, 0.29) is 0 Å². The normalized spacial score (nSPS) is 20.2. The van der Waals surface area contributed by atoms with Crippen LogP contribution in [0.4, 0.5) is 0 Å². The summed E-state index contributed by atoms with van der Waals surface area (Å²) < 4.78 is 5.33. The van der Waals surface area contributed by atoms with Crippen LogP contribution in [0.1, 0.15) is 18.4 Å². The Balaban J connectivity index is 2.09. The molecule has 0 spiro atoms. The average molecular weight is 235 g/mol. The minimum absolute atomic E-state index is 0.568. The van der Waals surface area contributed by atoms with Crippen LogP contribution in [0.2, 0.25) is 0 Å². The van der Waals surface area contributed by atoms with Crippen molar-refractivity contribution in [2.45, 2.75) is 24.9 Å². The zero-order valence-electron chi connectivity index (χ0n) is 10.6. The van der Waals surface area contributed by atoms with E-state index in [2.05, 4.69) is 11.9 Å². The topological polar surface area (TPSA) is 32.7 Å². The van der Waals surface area contributed by atoms with Crippen LogP contribution in [0, 0.1) is 0 Å². The second-order valence-corrected chi connectivity index (χ2v) is 5.02. The maximum absolute atomic E-state index is 10.6. The Morgan fingerprint density at radius 2 is 1.94 bits per heavy atom. The van der Waals surface area contributed by atoms with Gasteiger partial charge in [-0.15, -0.1) is 0 Å². The van der Waals surface area contributed by atoms with E-state index in [4.69, 9.17) is 4.74 Å². The van der Waals surface area contributed by atoms with E-state index in [0.717, 1.165) is 37.2 Å². The average Bonchev–Trinajstić information content (AvgIpc) is 2.34. The third kappa shape index (κ3) is 2.99. The third-order valence-corrected chi connectivity index (χ3v) is 3.63. The number of methoxy groups -OCH3 is 1. The monoisotopic (exact) mass is 235 g/mol. The van der Waals surface area contributed by atoms with Gasteiger partial charge in [0.15, 0.2) is 0 Å². The molecule has 3 heteroatoms. The molecule has 1 saturated heterocycles. The molecule has 0 aliphatic carbocycles. The van der Waals surface area contributed by atoms with Crippen LogP contribution >= 0.6 is 0 Å². The smallest absolute Gasteiger partial charge is 0.122 e. The summed E-state index contributed by atoms with van der Waals surface area (Å²) >= 11 is 0. The summed E-state index contributed by atoms with van der Waals surface area (Å²) in [5.74, 6) is 0.875. The molecule has 1 heterocycles. The highest BCUT2D eigenvalue weighted by atomic mass is 16.5. The molecule has 2 rings (SSSR count). The number of nitrogens with zero attached hydrogens (tertiary/aromatic N) is 1. The second-order valence-electron chi connectivity index (χ2n) is 5.02. The molecular formula is C14H21NO2. The Morgan fingerprint density at radius 3 is 2.59 bits per heavy atom. The lowest BCUT2D eigenvalue weighted by atomic mass is 9.85. The van der Waals surface area contributed by atoms with Crippen molar-refractivity contribution >= 4 is 0 Å². The lowest BCUT2D eigenvalue weighted by Crippen LogP contribution is -2.44. The highest BCUT2D eigenvalue weighted by molar-refractivity contribution is 5.34. The van der Waals surface area contributed by atoms with Gasteiger partial charge in [0.2, 0.25) is 0 Å². The molecule has 3 nitrogen and oxygen atoms in total. The number of piperidine rings is 1. The highest BCUT2D eigenvalue weighted by Crippen LogP contribution is 2.29. The molecule has 1 N–H and O–H groups in total. The van der Waals surface area contributed by atoms with Gasteiger partial charge < -0.3 is 14.7 Å². The van der Waals surface area contributed by atoms with Gasteiger partial charge in [-0.25, -0.2) is 0 Å². The van der Waals surface area contributed by atoms with Crippen molar-refractivity contribution in [2.75, 3.05) is 27.2 Å². The molecule has 1 aromatic carbocycles. The van der Waals surface area contributed by atoms with Crippen LogP contribution in [-0.4, -0.2) is 42.9 Å². The van der Waals surface area contributed by atoms with Gasteiger partial charge in [-0.3, -0.25) is 0 Å². The largest absolute Gasteiger partial charge is 0.496 e. The molecule has 0 unspecified atom stereocenters. The minimum Gasteiger partial charge on any atom is -0.496 e. The molecule has 0 saturated carbocycles. The van der Waals surface area contributed by atoms with Crippen molar-refractivity contribution in [3.63, 3.8) is 0 Å². The first kappa shape index (κ1) is 12.4. The summed E-state index contributed by atoms with van der Waals surface area (Å²) in [4.78, 5) is 2.26. The van der Waals surface area contributed by atoms with Gasteiger partial charge in [0.25, 0.3) is 0 Å². The number of hydrogen-bond acceptors (Lipinski definition) is 3. The fourth-order valence-corrected chi connectivity index (χ4v) is 2.42. The van der Waals surface area contributed by atoms with E-state index in [0.29, 0.717) is 6.42 Å². The van der Waals surface area contributed by atoms with Crippen LogP contribution in [0.3, 0.4) is 0 Å². The van der Waals surface area contributed by atoms with Gasteiger partial charge in [0.05, 0.1) is 12.7 Å². The molecule has 0 radical (unpaired) electrons. The summed E-state index contributed by atoms with van der Waals surface area (Å²) in [6.07, 6.45) is 2.36. The highest BCUT2D eigenvalue weighted by Gasteiger charge is 2.31. The number of para-hydroxylation sites is 1. The molecule has 94 valence electrons. The number of rotatable bonds is 3. The van der Waals surface area contributed by atoms with Gasteiger partial charge >= 0.3 is 0 Å². The number of aliphatic hydroxyl groups is 1. The van der Waals surface area contributed by atoms with Crippen LogP contribution in [0.25, 0.3) is 0 Å². The van der Waals surface area contributed by atoms with Gasteiger partial charge in [0, 0.05) is 19.5 Å². The Hall–Kier alpha value is -1.06. The van der Waals surface area contributed by atoms with Gasteiger partial charge in [-0.1, -0.05) is 18.2 Å². The number of hydrogen-bond donors (Lipinski definition) is 1. The third-order valence-electron chi connectivity index (χ3n) is 3.63. The van der Waals surface area contributed by atoms with E-state index in [1.807, 2.05) is 24.3 Å². The predicted octanol–water partition coefficient (Wildman–Crippen LogP) is 1.69. The lowest BCUT2D eigenvalue weighted by molar-refractivity contribution is -0.0153. The lowest BCUT2D eigenvalue weighted by Gasteiger charge is -2.36. The van der Waals surface area contributed by atoms with E-state index >= 15 is 0 Å². The van der Waals surface area contributed by atoms with E-state index < -0.39 is 5.60 Å². The van der Waals surface area contributed by atoms with Crippen molar-refractivity contribution in [3.8, 4) is 5.75 Å². The first-order valence-electron chi connectivity index (χ1n) is 6.16. The maximum atomic E-state index is 10.6. The molecule has 1 aliphatic heterocycles.